The molecule has 2 aliphatic rings. The average Bonchev–Trinajstić information content (AvgIpc) is 3.38. The number of imidazole rings is 1. The van der Waals surface area contributed by atoms with Gasteiger partial charge in [0.15, 0.2) is 0 Å². The summed E-state index contributed by atoms with van der Waals surface area (Å²) in [4.78, 5) is 23.0. The summed E-state index contributed by atoms with van der Waals surface area (Å²) in [6.07, 6.45) is 3.61. The van der Waals surface area contributed by atoms with Crippen molar-refractivity contribution in [3.05, 3.63) is 47.8 Å². The highest BCUT2D eigenvalue weighted by atomic mass is 16.5. The van der Waals surface area contributed by atoms with Crippen molar-refractivity contribution in [1.82, 2.24) is 29.6 Å². The predicted molar refractivity (Wildman–Crippen MR) is 143 cm³/mol. The second-order valence-corrected chi connectivity index (χ2v) is 10.2. The number of rotatable bonds is 2. The molecule has 1 saturated heterocycles. The van der Waals surface area contributed by atoms with Gasteiger partial charge in [-0.1, -0.05) is 6.92 Å². The van der Waals surface area contributed by atoms with Crippen molar-refractivity contribution in [1.29, 1.82) is 0 Å². The number of carbonyl (C=O) groups is 1. The van der Waals surface area contributed by atoms with Gasteiger partial charge in [-0.05, 0) is 56.0 Å². The molecule has 2 aliphatic heterocycles. The summed E-state index contributed by atoms with van der Waals surface area (Å²) in [6.45, 7) is 7.35. The molecule has 6 rings (SSSR count). The molecule has 0 saturated carbocycles. The van der Waals surface area contributed by atoms with Gasteiger partial charge in [0.2, 0.25) is 11.8 Å². The molecule has 0 radical (unpaired) electrons. The third-order valence-corrected chi connectivity index (χ3v) is 7.08. The smallest absolute Gasteiger partial charge is 0.258 e. The molecule has 5 heterocycles. The lowest BCUT2D eigenvalue weighted by atomic mass is 10.1. The van der Waals surface area contributed by atoms with Gasteiger partial charge < -0.3 is 19.9 Å². The van der Waals surface area contributed by atoms with E-state index < -0.39 is 0 Å². The first-order chi connectivity index (χ1) is 17.9. The first kappa shape index (κ1) is 23.5. The minimum atomic E-state index is -0.226. The maximum Gasteiger partial charge on any atom is 0.258 e. The van der Waals surface area contributed by atoms with Crippen molar-refractivity contribution in [2.45, 2.75) is 39.3 Å². The first-order valence-corrected chi connectivity index (χ1v) is 12.9. The molecule has 1 amide bonds. The van der Waals surface area contributed by atoms with Crippen LogP contribution in [0.5, 0.6) is 5.88 Å². The van der Waals surface area contributed by atoms with Crippen molar-refractivity contribution < 1.29 is 9.53 Å². The fraction of sp³-hybridized carbons (Fsp3) is 0.407. The van der Waals surface area contributed by atoms with E-state index in [4.69, 9.17) is 9.72 Å². The van der Waals surface area contributed by atoms with E-state index in [0.29, 0.717) is 41.7 Å². The summed E-state index contributed by atoms with van der Waals surface area (Å²) in [7, 11) is 1.85. The van der Waals surface area contributed by atoms with Crippen LogP contribution in [0.15, 0.2) is 36.5 Å². The number of aryl methyl sites for hydroxylation is 2. The maximum absolute atomic E-state index is 13.5. The van der Waals surface area contributed by atoms with Crippen LogP contribution in [0, 0.1) is 12.8 Å². The summed E-state index contributed by atoms with van der Waals surface area (Å²) in [6, 6.07) is 10.2. The first-order valence-electron chi connectivity index (χ1n) is 12.9. The SMILES string of the molecule is Cc1cc2cc(n1)-c1cnn(C)c1OCCC[C@@H](C)Cn1c(nc3ccc(NC4CNC4)cc31)NC2=O. The molecule has 10 heteroatoms. The number of ether oxygens (including phenoxy) is 1. The minimum absolute atomic E-state index is 0.226. The lowest BCUT2D eigenvalue weighted by molar-refractivity contribution is 0.102. The Morgan fingerprint density at radius 3 is 2.84 bits per heavy atom. The van der Waals surface area contributed by atoms with Crippen molar-refractivity contribution in [2.24, 2.45) is 13.0 Å². The van der Waals surface area contributed by atoms with Crippen molar-refractivity contribution in [3.8, 4) is 17.1 Å². The van der Waals surface area contributed by atoms with Crippen LogP contribution in [0.1, 0.15) is 35.8 Å². The lowest BCUT2D eigenvalue weighted by Crippen LogP contribution is -2.51. The predicted octanol–water partition coefficient (Wildman–Crippen LogP) is 3.58. The number of benzene rings is 1. The molecular formula is C27H32N8O2. The van der Waals surface area contributed by atoms with Crippen molar-refractivity contribution in [3.63, 3.8) is 0 Å². The number of fused-ring (bicyclic) bond motifs is 7. The molecular weight excluding hydrogens is 468 g/mol. The zero-order chi connectivity index (χ0) is 25.5. The molecule has 1 aromatic carbocycles. The van der Waals surface area contributed by atoms with Crippen molar-refractivity contribution >= 4 is 28.6 Å². The topological polar surface area (TPSA) is 111 Å². The van der Waals surface area contributed by atoms with E-state index in [1.54, 1.807) is 23.0 Å². The highest BCUT2D eigenvalue weighted by molar-refractivity contribution is 6.05. The molecule has 3 N–H and O–H groups in total. The van der Waals surface area contributed by atoms with Crippen molar-refractivity contribution in [2.75, 3.05) is 30.3 Å². The van der Waals surface area contributed by atoms with Crippen LogP contribution in [0.3, 0.4) is 0 Å². The molecule has 3 aromatic heterocycles. The number of aromatic nitrogens is 5. The average molecular weight is 501 g/mol. The van der Waals surface area contributed by atoms with E-state index in [2.05, 4.69) is 49.7 Å². The van der Waals surface area contributed by atoms with Crippen LogP contribution in [-0.4, -0.2) is 56.0 Å². The number of pyridine rings is 1. The molecule has 0 spiro atoms. The van der Waals surface area contributed by atoms with Gasteiger partial charge in [0.25, 0.3) is 5.91 Å². The number of hydrogen-bond acceptors (Lipinski definition) is 7. The van der Waals surface area contributed by atoms with Crippen LogP contribution in [-0.2, 0) is 13.6 Å². The zero-order valence-corrected chi connectivity index (χ0v) is 21.4. The highest BCUT2D eigenvalue weighted by Crippen LogP contribution is 2.31. The lowest BCUT2D eigenvalue weighted by Gasteiger charge is -2.29. The Balaban J connectivity index is 1.41. The Bertz CT molecular complexity index is 1470. The zero-order valence-electron chi connectivity index (χ0n) is 21.4. The van der Waals surface area contributed by atoms with Gasteiger partial charge >= 0.3 is 0 Å². The molecule has 192 valence electrons. The number of nitrogens with one attached hydrogen (secondary N) is 3. The molecule has 0 aliphatic carbocycles. The van der Waals surface area contributed by atoms with Gasteiger partial charge in [-0.2, -0.15) is 5.10 Å². The summed E-state index contributed by atoms with van der Waals surface area (Å²) < 4.78 is 10.0. The monoisotopic (exact) mass is 500 g/mol. The number of nitrogens with zero attached hydrogens (tertiary/aromatic N) is 5. The van der Waals surface area contributed by atoms with Crippen LogP contribution in [0.4, 0.5) is 11.6 Å². The van der Waals surface area contributed by atoms with Crippen LogP contribution in [0.25, 0.3) is 22.3 Å². The Morgan fingerprint density at radius 1 is 1.16 bits per heavy atom. The normalized spacial score (nSPS) is 18.6. The van der Waals surface area contributed by atoms with Gasteiger partial charge in [0.1, 0.15) is 0 Å². The standard InChI is InChI=1S/C27H32N8O2/c1-16-5-4-8-37-26-21(14-29-34(26)3)23-10-18(9-17(2)30-23)25(36)33-27-32-22-7-6-19(31-20-12-28-13-20)11-24(22)35(27)15-16/h6-7,9-11,14,16,20,28,31H,4-5,8,12-13,15H2,1-3H3,(H,32,33,36)/t16-/m1/s1. The van der Waals surface area contributed by atoms with E-state index >= 15 is 0 Å². The molecule has 37 heavy (non-hydrogen) atoms. The largest absolute Gasteiger partial charge is 0.477 e. The quantitative estimate of drug-likeness (QED) is 0.386. The Morgan fingerprint density at radius 2 is 2.03 bits per heavy atom. The molecule has 1 fully saturated rings. The molecule has 2 bridgehead atoms. The maximum atomic E-state index is 13.5. The van der Waals surface area contributed by atoms with Crippen LogP contribution < -0.4 is 20.7 Å². The highest BCUT2D eigenvalue weighted by Gasteiger charge is 2.22. The Hall–Kier alpha value is -3.92. The van der Waals surface area contributed by atoms with Gasteiger partial charge in [0.05, 0.1) is 41.1 Å². The van der Waals surface area contributed by atoms with Crippen LogP contribution in [0.2, 0.25) is 0 Å². The third-order valence-electron chi connectivity index (χ3n) is 7.08. The number of carbonyl (C=O) groups excluding carboxylic acids is 1. The van der Waals surface area contributed by atoms with Gasteiger partial charge in [-0.3, -0.25) is 15.1 Å². The molecule has 10 nitrogen and oxygen atoms in total. The molecule has 4 aromatic rings. The molecule has 0 unspecified atom stereocenters. The number of anilines is 2. The van der Waals surface area contributed by atoms with E-state index in [-0.39, 0.29) is 5.91 Å². The van der Waals surface area contributed by atoms with Gasteiger partial charge in [-0.15, -0.1) is 0 Å². The fourth-order valence-corrected chi connectivity index (χ4v) is 5.01. The summed E-state index contributed by atoms with van der Waals surface area (Å²) >= 11 is 0. The summed E-state index contributed by atoms with van der Waals surface area (Å²) in [5, 5.41) is 14.3. The molecule has 1 atom stereocenters. The fourth-order valence-electron chi connectivity index (χ4n) is 5.01. The summed E-state index contributed by atoms with van der Waals surface area (Å²) in [5.74, 6) is 1.34. The van der Waals surface area contributed by atoms with E-state index in [1.807, 2.05) is 20.0 Å². The van der Waals surface area contributed by atoms with Gasteiger partial charge in [-0.25, -0.2) is 9.67 Å². The van der Waals surface area contributed by atoms with E-state index in [1.165, 1.54) is 0 Å². The second-order valence-electron chi connectivity index (χ2n) is 10.2. The van der Waals surface area contributed by atoms with Gasteiger partial charge in [0, 0.05) is 43.6 Å². The van der Waals surface area contributed by atoms with Crippen LogP contribution >= 0.6 is 0 Å². The summed E-state index contributed by atoms with van der Waals surface area (Å²) in [5.41, 5.74) is 5.61. The third kappa shape index (κ3) is 4.64. The number of hydrogen-bond donors (Lipinski definition) is 3. The Labute approximate surface area is 215 Å². The number of amides is 1. The Kier molecular flexibility index (Phi) is 6.03. The van der Waals surface area contributed by atoms with E-state index in [9.17, 15) is 4.79 Å². The second kappa shape index (κ2) is 9.51. The minimum Gasteiger partial charge on any atom is -0.477 e. The van der Waals surface area contributed by atoms with E-state index in [0.717, 1.165) is 60.5 Å².